The van der Waals surface area contributed by atoms with Crippen LogP contribution in [-0.2, 0) is 41.6 Å². The molecule has 0 radical (unpaired) electrons. The standard InChI is InChI=1S/C34H36N2O11/c1-19(2)32(38)47-29-20(3)46-34(40)24(17-43-33(39)23(29)14-21-8-6-5-7-9-21)36-31(37)28-30(26(41-4)12-13-35-28)42-16-22-10-11-25-27(15-22)45-18-44-25/h5-13,15,19-20,23-24,29H,14,16-18H2,1-4H3,(H,36,37). The van der Waals surface area contributed by atoms with E-state index in [4.69, 9.17) is 33.2 Å². The van der Waals surface area contributed by atoms with Gasteiger partial charge in [0.2, 0.25) is 6.79 Å². The fourth-order valence-electron chi connectivity index (χ4n) is 5.06. The first-order valence-corrected chi connectivity index (χ1v) is 15.1. The van der Waals surface area contributed by atoms with Gasteiger partial charge in [-0.25, -0.2) is 9.78 Å². The van der Waals surface area contributed by atoms with Crippen molar-refractivity contribution in [2.75, 3.05) is 20.5 Å². The molecule has 248 valence electrons. The SMILES string of the molecule is COc1ccnc(C(=O)NC2COC(=O)C(Cc3ccccc3)C(OC(=O)C(C)C)C(C)OC2=O)c1OCc1ccc2c(c1)OCO2. The number of methoxy groups -OCH3 is 1. The quantitative estimate of drug-likeness (QED) is 0.253. The van der Waals surface area contributed by atoms with Crippen LogP contribution < -0.4 is 24.3 Å². The average molecular weight is 649 g/mol. The first-order chi connectivity index (χ1) is 22.6. The predicted octanol–water partition coefficient (Wildman–Crippen LogP) is 3.41. The number of ether oxygens (including phenoxy) is 7. The minimum absolute atomic E-state index is 0.0237. The van der Waals surface area contributed by atoms with Crippen molar-refractivity contribution in [1.82, 2.24) is 10.3 Å². The van der Waals surface area contributed by atoms with Crippen LogP contribution >= 0.6 is 0 Å². The number of hydrogen-bond acceptors (Lipinski definition) is 12. The number of cyclic esters (lactones) is 2. The van der Waals surface area contributed by atoms with Crippen molar-refractivity contribution in [2.24, 2.45) is 11.8 Å². The van der Waals surface area contributed by atoms with Gasteiger partial charge in [-0.15, -0.1) is 0 Å². The third kappa shape index (κ3) is 7.91. The summed E-state index contributed by atoms with van der Waals surface area (Å²) < 4.78 is 39.1. The molecule has 1 saturated heterocycles. The van der Waals surface area contributed by atoms with Gasteiger partial charge in [-0.2, -0.15) is 0 Å². The fourth-order valence-corrected chi connectivity index (χ4v) is 5.06. The van der Waals surface area contributed by atoms with Gasteiger partial charge in [0, 0.05) is 12.3 Å². The molecule has 0 bridgehead atoms. The summed E-state index contributed by atoms with van der Waals surface area (Å²) in [4.78, 5) is 57.3. The lowest BCUT2D eigenvalue weighted by Crippen LogP contribution is -2.47. The Morgan fingerprint density at radius 2 is 1.74 bits per heavy atom. The second-order valence-electron chi connectivity index (χ2n) is 11.3. The number of amides is 1. The largest absolute Gasteiger partial charge is 0.493 e. The molecule has 47 heavy (non-hydrogen) atoms. The van der Waals surface area contributed by atoms with E-state index in [0.29, 0.717) is 11.5 Å². The van der Waals surface area contributed by atoms with E-state index in [2.05, 4.69) is 10.3 Å². The van der Waals surface area contributed by atoms with E-state index in [1.807, 2.05) is 30.3 Å². The minimum Gasteiger partial charge on any atom is -0.493 e. The van der Waals surface area contributed by atoms with Crippen LogP contribution in [0.4, 0.5) is 0 Å². The highest BCUT2D eigenvalue weighted by Gasteiger charge is 2.42. The molecule has 1 fully saturated rings. The summed E-state index contributed by atoms with van der Waals surface area (Å²) in [5.74, 6) is -3.04. The first-order valence-electron chi connectivity index (χ1n) is 15.1. The lowest BCUT2D eigenvalue weighted by atomic mass is 9.91. The van der Waals surface area contributed by atoms with E-state index in [0.717, 1.165) is 11.1 Å². The van der Waals surface area contributed by atoms with Crippen molar-refractivity contribution in [3.8, 4) is 23.0 Å². The van der Waals surface area contributed by atoms with E-state index in [9.17, 15) is 19.2 Å². The van der Waals surface area contributed by atoms with Crippen LogP contribution in [0.3, 0.4) is 0 Å². The second kappa shape index (κ2) is 14.8. The van der Waals surface area contributed by atoms with Crippen LogP contribution in [0.15, 0.2) is 60.8 Å². The van der Waals surface area contributed by atoms with Gasteiger partial charge in [0.1, 0.15) is 25.2 Å². The topological polar surface area (TPSA) is 158 Å². The Morgan fingerprint density at radius 3 is 2.49 bits per heavy atom. The number of fused-ring (bicyclic) bond motifs is 1. The fraction of sp³-hybridized carbons (Fsp3) is 0.382. The molecule has 2 aliphatic heterocycles. The molecule has 1 N–H and O–H groups in total. The maximum absolute atomic E-state index is 13.6. The summed E-state index contributed by atoms with van der Waals surface area (Å²) in [7, 11) is 1.41. The number of nitrogens with zero attached hydrogens (tertiary/aromatic N) is 1. The summed E-state index contributed by atoms with van der Waals surface area (Å²) in [6, 6.07) is 14.5. The molecule has 4 unspecified atom stereocenters. The Bertz CT molecular complexity index is 1610. The number of nitrogens with one attached hydrogen (secondary N) is 1. The summed E-state index contributed by atoms with van der Waals surface area (Å²) >= 11 is 0. The normalized spacial score (nSPS) is 20.6. The summed E-state index contributed by atoms with van der Waals surface area (Å²) in [5, 5.41) is 2.55. The zero-order valence-corrected chi connectivity index (χ0v) is 26.4. The Hall–Kier alpha value is -5.33. The zero-order valence-electron chi connectivity index (χ0n) is 26.4. The van der Waals surface area contributed by atoms with Crippen LogP contribution in [0.1, 0.15) is 42.4 Å². The molecule has 13 nitrogen and oxygen atoms in total. The molecule has 1 amide bonds. The number of benzene rings is 2. The van der Waals surface area contributed by atoms with Gasteiger partial charge in [0.25, 0.3) is 5.91 Å². The zero-order chi connectivity index (χ0) is 33.5. The van der Waals surface area contributed by atoms with Crippen LogP contribution in [0.25, 0.3) is 0 Å². The Kier molecular flexibility index (Phi) is 10.4. The van der Waals surface area contributed by atoms with Crippen LogP contribution in [0, 0.1) is 11.8 Å². The van der Waals surface area contributed by atoms with Crippen molar-refractivity contribution in [3.63, 3.8) is 0 Å². The number of aromatic nitrogens is 1. The lowest BCUT2D eigenvalue weighted by molar-refractivity contribution is -0.176. The summed E-state index contributed by atoms with van der Waals surface area (Å²) in [6.07, 6.45) is -0.689. The maximum atomic E-state index is 13.6. The highest BCUT2D eigenvalue weighted by Crippen LogP contribution is 2.34. The molecule has 2 aromatic carbocycles. The molecule has 3 heterocycles. The van der Waals surface area contributed by atoms with E-state index >= 15 is 0 Å². The van der Waals surface area contributed by atoms with E-state index in [1.165, 1.54) is 26.3 Å². The molecule has 3 aromatic rings. The van der Waals surface area contributed by atoms with E-state index in [-0.39, 0.29) is 37.0 Å². The molecule has 0 saturated carbocycles. The van der Waals surface area contributed by atoms with Gasteiger partial charge >= 0.3 is 17.9 Å². The molecule has 13 heteroatoms. The molecular weight excluding hydrogens is 612 g/mol. The van der Waals surface area contributed by atoms with E-state index < -0.39 is 60.5 Å². The van der Waals surface area contributed by atoms with Crippen LogP contribution in [0.2, 0.25) is 0 Å². The molecular formula is C34H36N2O11. The van der Waals surface area contributed by atoms with Crippen molar-refractivity contribution in [3.05, 3.63) is 77.6 Å². The monoisotopic (exact) mass is 648 g/mol. The third-order valence-corrected chi connectivity index (χ3v) is 7.59. The number of pyridine rings is 1. The highest BCUT2D eigenvalue weighted by atomic mass is 16.7. The van der Waals surface area contributed by atoms with Gasteiger partial charge in [-0.1, -0.05) is 50.2 Å². The Balaban J connectivity index is 1.35. The summed E-state index contributed by atoms with van der Waals surface area (Å²) in [5.41, 5.74) is 1.34. The number of rotatable bonds is 10. The average Bonchev–Trinajstić information content (AvgIpc) is 3.55. The van der Waals surface area contributed by atoms with Crippen molar-refractivity contribution < 1.29 is 52.3 Å². The van der Waals surface area contributed by atoms with E-state index in [1.54, 1.807) is 32.0 Å². The highest BCUT2D eigenvalue weighted by molar-refractivity contribution is 5.98. The third-order valence-electron chi connectivity index (χ3n) is 7.59. The van der Waals surface area contributed by atoms with Gasteiger partial charge in [0.05, 0.1) is 13.0 Å². The van der Waals surface area contributed by atoms with Gasteiger partial charge in [-0.05, 0) is 36.6 Å². The smallest absolute Gasteiger partial charge is 0.332 e. The molecule has 0 spiro atoms. The predicted molar refractivity (Wildman–Crippen MR) is 164 cm³/mol. The Morgan fingerprint density at radius 1 is 0.979 bits per heavy atom. The molecule has 5 rings (SSSR count). The Labute approximate surface area is 271 Å². The van der Waals surface area contributed by atoms with Crippen molar-refractivity contribution in [1.29, 1.82) is 0 Å². The number of hydrogen-bond donors (Lipinski definition) is 1. The minimum atomic E-state index is -1.42. The maximum Gasteiger partial charge on any atom is 0.332 e. The lowest BCUT2D eigenvalue weighted by Gasteiger charge is -2.29. The number of carbonyl (C=O) groups is 4. The molecule has 4 atom stereocenters. The molecule has 2 aliphatic rings. The second-order valence-corrected chi connectivity index (χ2v) is 11.3. The molecule has 1 aromatic heterocycles. The van der Waals surface area contributed by atoms with Crippen molar-refractivity contribution >= 4 is 23.8 Å². The van der Waals surface area contributed by atoms with Crippen LogP contribution in [0.5, 0.6) is 23.0 Å². The molecule has 0 aliphatic carbocycles. The van der Waals surface area contributed by atoms with Crippen molar-refractivity contribution in [2.45, 2.75) is 52.0 Å². The van der Waals surface area contributed by atoms with Gasteiger partial charge in [-0.3, -0.25) is 14.4 Å². The van der Waals surface area contributed by atoms with Gasteiger partial charge in [0.15, 0.2) is 40.8 Å². The summed E-state index contributed by atoms with van der Waals surface area (Å²) in [6.45, 7) is 4.45. The number of carbonyl (C=O) groups excluding carboxylic acids is 4. The van der Waals surface area contributed by atoms with Gasteiger partial charge < -0.3 is 38.5 Å². The van der Waals surface area contributed by atoms with Crippen LogP contribution in [-0.4, -0.2) is 67.6 Å². The number of esters is 3. The first kappa shape index (κ1) is 33.0.